The minimum absolute atomic E-state index is 0.718. The molecule has 1 aliphatic heterocycles. The highest BCUT2D eigenvalue weighted by Crippen LogP contribution is 2.17. The van der Waals surface area contributed by atoms with E-state index in [0.717, 1.165) is 18.6 Å². The van der Waals surface area contributed by atoms with Crippen LogP contribution in [0.25, 0.3) is 0 Å². The molecule has 1 aliphatic rings. The molecule has 0 amide bonds. The van der Waals surface area contributed by atoms with Gasteiger partial charge in [0.15, 0.2) is 0 Å². The van der Waals surface area contributed by atoms with Crippen molar-refractivity contribution in [2.45, 2.75) is 45.2 Å². The van der Waals surface area contributed by atoms with Gasteiger partial charge < -0.3 is 15.1 Å². The van der Waals surface area contributed by atoms with Crippen molar-refractivity contribution in [3.8, 4) is 0 Å². The molecule has 0 atom stereocenters. The van der Waals surface area contributed by atoms with E-state index >= 15 is 0 Å². The third kappa shape index (κ3) is 4.40. The Morgan fingerprint density at radius 1 is 1.31 bits per heavy atom. The lowest BCUT2D eigenvalue weighted by Crippen LogP contribution is -2.46. The summed E-state index contributed by atoms with van der Waals surface area (Å²) in [6, 6.07) is 1.53. The number of piperidine rings is 1. The Balaban J connectivity index is 2.19. The zero-order chi connectivity index (χ0) is 12.0. The van der Waals surface area contributed by atoms with Gasteiger partial charge >= 0.3 is 0 Å². The highest BCUT2D eigenvalue weighted by molar-refractivity contribution is 4.79. The number of hydrogen-bond acceptors (Lipinski definition) is 3. The van der Waals surface area contributed by atoms with Crippen molar-refractivity contribution < 1.29 is 0 Å². The van der Waals surface area contributed by atoms with Crippen molar-refractivity contribution in [2.75, 3.05) is 40.3 Å². The molecule has 0 radical (unpaired) electrons. The molecule has 0 aromatic carbocycles. The summed E-state index contributed by atoms with van der Waals surface area (Å²) in [6.07, 6.45) is 3.94. The van der Waals surface area contributed by atoms with Gasteiger partial charge in [-0.05, 0) is 73.4 Å². The first kappa shape index (κ1) is 13.9. The van der Waals surface area contributed by atoms with Gasteiger partial charge in [-0.3, -0.25) is 0 Å². The van der Waals surface area contributed by atoms with E-state index in [0.29, 0.717) is 0 Å². The summed E-state index contributed by atoms with van der Waals surface area (Å²) in [5, 5.41) is 3.21. The fourth-order valence-corrected chi connectivity index (χ4v) is 2.53. The van der Waals surface area contributed by atoms with E-state index in [1.807, 2.05) is 7.05 Å². The Bertz CT molecular complexity index is 174. The molecule has 0 aromatic rings. The first-order valence-corrected chi connectivity index (χ1v) is 6.74. The third-order valence-corrected chi connectivity index (χ3v) is 3.79. The highest BCUT2D eigenvalue weighted by atomic mass is 15.2. The predicted molar refractivity (Wildman–Crippen MR) is 70.9 cm³/mol. The Morgan fingerprint density at radius 2 is 1.94 bits per heavy atom. The molecule has 1 saturated heterocycles. The second kappa shape index (κ2) is 7.25. The van der Waals surface area contributed by atoms with Gasteiger partial charge in [0.05, 0.1) is 0 Å². The Labute approximate surface area is 101 Å². The summed E-state index contributed by atoms with van der Waals surface area (Å²) < 4.78 is 0. The molecule has 0 aromatic heterocycles. The standard InChI is InChI=1S/C13H29N3/c1-12(2)16-10-6-13(7-11-16)15(4)9-5-8-14-3/h12-14H,5-11H2,1-4H3. The van der Waals surface area contributed by atoms with Gasteiger partial charge in [-0.15, -0.1) is 0 Å². The number of rotatable bonds is 6. The summed E-state index contributed by atoms with van der Waals surface area (Å²) in [4.78, 5) is 5.15. The number of likely N-dealkylation sites (tertiary alicyclic amines) is 1. The molecule has 0 unspecified atom stereocenters. The summed E-state index contributed by atoms with van der Waals surface area (Å²) in [6.45, 7) is 9.52. The lowest BCUT2D eigenvalue weighted by atomic mass is 10.0. The molecule has 1 heterocycles. The van der Waals surface area contributed by atoms with Gasteiger partial charge in [0, 0.05) is 12.1 Å². The normalized spacial score (nSPS) is 19.9. The Kier molecular flexibility index (Phi) is 6.32. The summed E-state index contributed by atoms with van der Waals surface area (Å²) >= 11 is 0. The van der Waals surface area contributed by atoms with Crippen LogP contribution in [0.15, 0.2) is 0 Å². The lowest BCUT2D eigenvalue weighted by Gasteiger charge is -2.38. The molecule has 1 fully saturated rings. The number of hydrogen-bond donors (Lipinski definition) is 1. The maximum absolute atomic E-state index is 3.21. The zero-order valence-electron chi connectivity index (χ0n) is 11.5. The van der Waals surface area contributed by atoms with Crippen LogP contribution < -0.4 is 5.32 Å². The first-order chi connectivity index (χ1) is 7.65. The first-order valence-electron chi connectivity index (χ1n) is 6.74. The molecular weight excluding hydrogens is 198 g/mol. The Morgan fingerprint density at radius 3 is 2.44 bits per heavy atom. The van der Waals surface area contributed by atoms with Gasteiger partial charge in [0.2, 0.25) is 0 Å². The predicted octanol–water partition coefficient (Wildman–Crippen LogP) is 1.40. The molecule has 0 bridgehead atoms. The van der Waals surface area contributed by atoms with Crippen LogP contribution in [0.3, 0.4) is 0 Å². The SMILES string of the molecule is CNCCCN(C)C1CCN(C(C)C)CC1. The van der Waals surface area contributed by atoms with Crippen molar-refractivity contribution in [3.05, 3.63) is 0 Å². The van der Waals surface area contributed by atoms with Crippen LogP contribution in [0.4, 0.5) is 0 Å². The minimum Gasteiger partial charge on any atom is -0.320 e. The number of nitrogens with one attached hydrogen (secondary N) is 1. The van der Waals surface area contributed by atoms with E-state index in [1.54, 1.807) is 0 Å². The van der Waals surface area contributed by atoms with Crippen LogP contribution in [-0.2, 0) is 0 Å². The van der Waals surface area contributed by atoms with Crippen molar-refractivity contribution >= 4 is 0 Å². The van der Waals surface area contributed by atoms with Gasteiger partial charge in [0.25, 0.3) is 0 Å². The summed E-state index contributed by atoms with van der Waals surface area (Å²) in [5.41, 5.74) is 0. The quantitative estimate of drug-likeness (QED) is 0.692. The van der Waals surface area contributed by atoms with Crippen molar-refractivity contribution in [1.82, 2.24) is 15.1 Å². The highest BCUT2D eigenvalue weighted by Gasteiger charge is 2.23. The van der Waals surface area contributed by atoms with Crippen molar-refractivity contribution in [2.24, 2.45) is 0 Å². The molecule has 0 spiro atoms. The second-order valence-electron chi connectivity index (χ2n) is 5.30. The van der Waals surface area contributed by atoms with Gasteiger partial charge in [-0.1, -0.05) is 0 Å². The molecular formula is C13H29N3. The topological polar surface area (TPSA) is 18.5 Å². The average molecular weight is 227 g/mol. The number of nitrogens with zero attached hydrogens (tertiary/aromatic N) is 2. The van der Waals surface area contributed by atoms with Crippen LogP contribution in [0, 0.1) is 0 Å². The van der Waals surface area contributed by atoms with Crippen LogP contribution in [-0.4, -0.2) is 62.2 Å². The van der Waals surface area contributed by atoms with Gasteiger partial charge in [-0.2, -0.15) is 0 Å². The second-order valence-corrected chi connectivity index (χ2v) is 5.30. The van der Waals surface area contributed by atoms with Gasteiger partial charge in [-0.25, -0.2) is 0 Å². The molecule has 0 saturated carbocycles. The van der Waals surface area contributed by atoms with Crippen molar-refractivity contribution in [3.63, 3.8) is 0 Å². The van der Waals surface area contributed by atoms with Crippen LogP contribution in [0.2, 0.25) is 0 Å². The zero-order valence-corrected chi connectivity index (χ0v) is 11.5. The van der Waals surface area contributed by atoms with E-state index in [4.69, 9.17) is 0 Å². The molecule has 3 heteroatoms. The smallest absolute Gasteiger partial charge is 0.0117 e. The van der Waals surface area contributed by atoms with Crippen molar-refractivity contribution in [1.29, 1.82) is 0 Å². The van der Waals surface area contributed by atoms with E-state index in [-0.39, 0.29) is 0 Å². The molecule has 0 aliphatic carbocycles. The van der Waals surface area contributed by atoms with Crippen LogP contribution in [0.1, 0.15) is 33.1 Å². The molecule has 1 rings (SSSR count). The monoisotopic (exact) mass is 227 g/mol. The van der Waals surface area contributed by atoms with E-state index < -0.39 is 0 Å². The van der Waals surface area contributed by atoms with Crippen LogP contribution in [0.5, 0.6) is 0 Å². The Hall–Kier alpha value is -0.120. The summed E-state index contributed by atoms with van der Waals surface area (Å²) in [7, 11) is 4.31. The molecule has 3 nitrogen and oxygen atoms in total. The molecule has 1 N–H and O–H groups in total. The fraction of sp³-hybridized carbons (Fsp3) is 1.00. The van der Waals surface area contributed by atoms with Gasteiger partial charge in [0.1, 0.15) is 0 Å². The van der Waals surface area contributed by atoms with E-state index in [2.05, 4.69) is 36.0 Å². The minimum atomic E-state index is 0.718. The third-order valence-electron chi connectivity index (χ3n) is 3.79. The summed E-state index contributed by atoms with van der Waals surface area (Å²) in [5.74, 6) is 0. The molecule has 96 valence electrons. The fourth-order valence-electron chi connectivity index (χ4n) is 2.53. The lowest BCUT2D eigenvalue weighted by molar-refractivity contribution is 0.107. The largest absolute Gasteiger partial charge is 0.320 e. The van der Waals surface area contributed by atoms with Crippen LogP contribution >= 0.6 is 0 Å². The average Bonchev–Trinajstić information content (AvgIpc) is 2.29. The van der Waals surface area contributed by atoms with E-state index in [9.17, 15) is 0 Å². The maximum Gasteiger partial charge on any atom is 0.0117 e. The molecule has 16 heavy (non-hydrogen) atoms. The maximum atomic E-state index is 3.21. The van der Waals surface area contributed by atoms with E-state index in [1.165, 1.54) is 38.9 Å².